The van der Waals surface area contributed by atoms with Gasteiger partial charge in [-0.1, -0.05) is 35.9 Å². The van der Waals surface area contributed by atoms with Crippen molar-refractivity contribution in [1.82, 2.24) is 9.97 Å². The Kier molecular flexibility index (Phi) is 3.01. The molecule has 0 aliphatic rings. The Hall–Kier alpha value is -2.20. The molecule has 0 saturated carbocycles. The fourth-order valence-electron chi connectivity index (χ4n) is 1.86. The summed E-state index contributed by atoms with van der Waals surface area (Å²) in [6.07, 6.45) is 1.72. The van der Waals surface area contributed by atoms with Gasteiger partial charge in [-0.25, -0.2) is 9.97 Å². The predicted octanol–water partition coefficient (Wildman–Crippen LogP) is 3.76. The molecule has 2 N–H and O–H groups in total. The fourth-order valence-corrected chi connectivity index (χ4v) is 2.58. The van der Waals surface area contributed by atoms with Crippen molar-refractivity contribution in [2.75, 3.05) is 5.73 Å². The molecule has 4 heteroatoms. The van der Waals surface area contributed by atoms with E-state index in [1.54, 1.807) is 17.5 Å². The lowest BCUT2D eigenvalue weighted by atomic mass is 10.1. The highest BCUT2D eigenvalue weighted by Gasteiger charge is 2.09. The van der Waals surface area contributed by atoms with Gasteiger partial charge in [-0.3, -0.25) is 0 Å². The average Bonchev–Trinajstić information content (AvgIpc) is 2.94. The molecule has 2 heterocycles. The van der Waals surface area contributed by atoms with Crippen LogP contribution in [0.5, 0.6) is 0 Å². The minimum atomic E-state index is 0.471. The molecule has 0 bridgehead atoms. The third-order valence-corrected chi connectivity index (χ3v) is 3.78. The number of aryl methyl sites for hydroxylation is 1. The minimum Gasteiger partial charge on any atom is -0.382 e. The van der Waals surface area contributed by atoms with Crippen molar-refractivity contribution in [3.05, 3.63) is 53.5 Å². The summed E-state index contributed by atoms with van der Waals surface area (Å²) in [5, 5.41) is 2.01. The Morgan fingerprint density at radius 1 is 1.11 bits per heavy atom. The van der Waals surface area contributed by atoms with Crippen LogP contribution in [0, 0.1) is 6.92 Å². The van der Waals surface area contributed by atoms with E-state index in [-0.39, 0.29) is 0 Å². The number of hydrogen-bond acceptors (Lipinski definition) is 4. The molecule has 0 spiro atoms. The van der Waals surface area contributed by atoms with Crippen molar-refractivity contribution in [3.8, 4) is 21.8 Å². The third kappa shape index (κ3) is 2.35. The third-order valence-electron chi connectivity index (χ3n) is 2.90. The molecule has 0 aliphatic carbocycles. The summed E-state index contributed by atoms with van der Waals surface area (Å²) in [7, 11) is 0. The molecule has 94 valence electrons. The van der Waals surface area contributed by atoms with Crippen LogP contribution in [0.15, 0.2) is 48.0 Å². The van der Waals surface area contributed by atoms with E-state index in [1.807, 2.05) is 29.6 Å². The second-order valence-corrected chi connectivity index (χ2v) is 5.28. The molecule has 3 aromatic rings. The standard InChI is InChI=1S/C15H13N3S/c1-10-4-6-11(7-5-10)12-9-17-15(16)14(18-12)13-3-2-8-19-13/h2-9H,1H3,(H2,16,17). The molecule has 0 radical (unpaired) electrons. The number of anilines is 1. The van der Waals surface area contributed by atoms with E-state index in [0.717, 1.165) is 21.8 Å². The molecule has 3 rings (SSSR count). The van der Waals surface area contributed by atoms with Gasteiger partial charge in [0.25, 0.3) is 0 Å². The zero-order valence-electron chi connectivity index (χ0n) is 10.5. The van der Waals surface area contributed by atoms with Crippen LogP contribution >= 0.6 is 11.3 Å². The summed E-state index contributed by atoms with van der Waals surface area (Å²) in [4.78, 5) is 9.93. The van der Waals surface area contributed by atoms with E-state index in [9.17, 15) is 0 Å². The first-order valence-electron chi connectivity index (χ1n) is 5.97. The average molecular weight is 267 g/mol. The lowest BCUT2D eigenvalue weighted by Crippen LogP contribution is -1.97. The highest BCUT2D eigenvalue weighted by molar-refractivity contribution is 7.13. The van der Waals surface area contributed by atoms with Crippen molar-refractivity contribution in [2.24, 2.45) is 0 Å². The smallest absolute Gasteiger partial charge is 0.150 e. The molecule has 0 saturated heterocycles. The second kappa shape index (κ2) is 4.82. The Morgan fingerprint density at radius 3 is 2.58 bits per heavy atom. The zero-order valence-corrected chi connectivity index (χ0v) is 11.3. The zero-order chi connectivity index (χ0) is 13.2. The van der Waals surface area contributed by atoms with Crippen molar-refractivity contribution in [2.45, 2.75) is 6.92 Å². The van der Waals surface area contributed by atoms with E-state index in [0.29, 0.717) is 5.82 Å². The summed E-state index contributed by atoms with van der Waals surface area (Å²) < 4.78 is 0. The van der Waals surface area contributed by atoms with Crippen molar-refractivity contribution in [3.63, 3.8) is 0 Å². The van der Waals surface area contributed by atoms with E-state index in [2.05, 4.69) is 29.0 Å². The van der Waals surface area contributed by atoms with E-state index >= 15 is 0 Å². The number of aromatic nitrogens is 2. The van der Waals surface area contributed by atoms with Crippen LogP contribution in [-0.4, -0.2) is 9.97 Å². The Balaban J connectivity index is 2.09. The SMILES string of the molecule is Cc1ccc(-c2cnc(N)c(-c3cccs3)n2)cc1. The molecule has 1 aromatic carbocycles. The van der Waals surface area contributed by atoms with Gasteiger partial charge in [0.2, 0.25) is 0 Å². The van der Waals surface area contributed by atoms with Crippen LogP contribution in [0.25, 0.3) is 21.8 Å². The normalized spacial score (nSPS) is 10.6. The first-order valence-corrected chi connectivity index (χ1v) is 6.85. The highest BCUT2D eigenvalue weighted by atomic mass is 32.1. The first kappa shape index (κ1) is 11.9. The van der Waals surface area contributed by atoms with E-state index in [1.165, 1.54) is 5.56 Å². The van der Waals surface area contributed by atoms with Crippen molar-refractivity contribution >= 4 is 17.2 Å². The fraction of sp³-hybridized carbons (Fsp3) is 0.0667. The number of thiophene rings is 1. The number of nitrogens with two attached hydrogens (primary N) is 1. The maximum Gasteiger partial charge on any atom is 0.150 e. The van der Waals surface area contributed by atoms with Gasteiger partial charge in [-0.2, -0.15) is 0 Å². The van der Waals surface area contributed by atoms with Crippen LogP contribution in [0.1, 0.15) is 5.56 Å². The number of hydrogen-bond donors (Lipinski definition) is 1. The highest BCUT2D eigenvalue weighted by Crippen LogP contribution is 2.29. The van der Waals surface area contributed by atoms with Crippen LogP contribution in [-0.2, 0) is 0 Å². The number of rotatable bonds is 2. The number of nitrogen functional groups attached to an aromatic ring is 1. The van der Waals surface area contributed by atoms with Crippen LogP contribution in [0.3, 0.4) is 0 Å². The van der Waals surface area contributed by atoms with Gasteiger partial charge < -0.3 is 5.73 Å². The van der Waals surface area contributed by atoms with Gasteiger partial charge in [0.15, 0.2) is 5.82 Å². The largest absolute Gasteiger partial charge is 0.382 e. The molecular weight excluding hydrogens is 254 g/mol. The van der Waals surface area contributed by atoms with Gasteiger partial charge in [0.05, 0.1) is 16.8 Å². The quantitative estimate of drug-likeness (QED) is 0.769. The van der Waals surface area contributed by atoms with Gasteiger partial charge in [-0.15, -0.1) is 11.3 Å². The van der Waals surface area contributed by atoms with Crippen LogP contribution < -0.4 is 5.73 Å². The lowest BCUT2D eigenvalue weighted by Gasteiger charge is -2.06. The monoisotopic (exact) mass is 267 g/mol. The summed E-state index contributed by atoms with van der Waals surface area (Å²) in [5.41, 5.74) is 9.80. The van der Waals surface area contributed by atoms with Gasteiger partial charge in [0.1, 0.15) is 5.69 Å². The molecule has 0 fully saturated rings. The maximum absolute atomic E-state index is 5.92. The molecule has 0 unspecified atom stereocenters. The molecule has 0 amide bonds. The predicted molar refractivity (Wildman–Crippen MR) is 79.9 cm³/mol. The topological polar surface area (TPSA) is 51.8 Å². The maximum atomic E-state index is 5.92. The van der Waals surface area contributed by atoms with Gasteiger partial charge in [-0.05, 0) is 18.4 Å². The van der Waals surface area contributed by atoms with E-state index in [4.69, 9.17) is 5.73 Å². The Bertz CT molecular complexity index is 688. The second-order valence-electron chi connectivity index (χ2n) is 4.33. The first-order chi connectivity index (χ1) is 9.24. The number of benzene rings is 1. The molecular formula is C15H13N3S. The molecule has 0 aliphatic heterocycles. The van der Waals surface area contributed by atoms with Crippen molar-refractivity contribution in [1.29, 1.82) is 0 Å². The number of nitrogens with zero attached hydrogens (tertiary/aromatic N) is 2. The van der Waals surface area contributed by atoms with Gasteiger partial charge >= 0.3 is 0 Å². The molecule has 3 nitrogen and oxygen atoms in total. The summed E-state index contributed by atoms with van der Waals surface area (Å²) in [5.74, 6) is 0.471. The molecule has 0 atom stereocenters. The summed E-state index contributed by atoms with van der Waals surface area (Å²) >= 11 is 1.61. The minimum absolute atomic E-state index is 0.471. The van der Waals surface area contributed by atoms with Crippen LogP contribution in [0.4, 0.5) is 5.82 Å². The molecule has 2 aromatic heterocycles. The Morgan fingerprint density at radius 2 is 1.89 bits per heavy atom. The lowest BCUT2D eigenvalue weighted by molar-refractivity contribution is 1.22. The molecule has 19 heavy (non-hydrogen) atoms. The summed E-state index contributed by atoms with van der Waals surface area (Å²) in [6.45, 7) is 2.06. The van der Waals surface area contributed by atoms with Crippen LogP contribution in [0.2, 0.25) is 0 Å². The Labute approximate surface area is 115 Å². The van der Waals surface area contributed by atoms with E-state index < -0.39 is 0 Å². The van der Waals surface area contributed by atoms with Gasteiger partial charge in [0, 0.05) is 5.56 Å². The summed E-state index contributed by atoms with van der Waals surface area (Å²) in [6, 6.07) is 12.2. The van der Waals surface area contributed by atoms with Crippen molar-refractivity contribution < 1.29 is 0 Å².